The molecule has 86 valence electrons. The Bertz CT molecular complexity index is 435. The van der Waals surface area contributed by atoms with Crippen LogP contribution in [0, 0.1) is 0 Å². The zero-order valence-corrected chi connectivity index (χ0v) is 9.03. The molecule has 2 rings (SSSR count). The summed E-state index contributed by atoms with van der Waals surface area (Å²) in [7, 11) is 0. The molecule has 0 aromatic heterocycles. The molecule has 0 amide bonds. The summed E-state index contributed by atoms with van der Waals surface area (Å²) in [6.07, 6.45) is -0.181. The van der Waals surface area contributed by atoms with Gasteiger partial charge < -0.3 is 20.3 Å². The zero-order valence-electron chi connectivity index (χ0n) is 8.27. The summed E-state index contributed by atoms with van der Waals surface area (Å²) in [5.41, 5.74) is 6.28. The summed E-state index contributed by atoms with van der Waals surface area (Å²) in [6, 6.07) is 2.67. The van der Waals surface area contributed by atoms with Crippen LogP contribution in [0.5, 0.6) is 11.5 Å². The Morgan fingerprint density at radius 1 is 1.56 bits per heavy atom. The largest absolute Gasteiger partial charge is 0.481 e. The first-order valence-corrected chi connectivity index (χ1v) is 5.02. The number of aliphatic carboxylic acids is 1. The first-order valence-electron chi connectivity index (χ1n) is 4.65. The fourth-order valence-electron chi connectivity index (χ4n) is 1.54. The van der Waals surface area contributed by atoms with E-state index in [2.05, 4.69) is 0 Å². The van der Waals surface area contributed by atoms with Crippen molar-refractivity contribution in [1.29, 1.82) is 0 Å². The average molecular weight is 244 g/mol. The minimum absolute atomic E-state index is 0.118. The Morgan fingerprint density at radius 3 is 3.00 bits per heavy atom. The number of rotatable bonds is 3. The van der Waals surface area contributed by atoms with E-state index in [0.29, 0.717) is 22.1 Å². The fourth-order valence-corrected chi connectivity index (χ4v) is 1.89. The number of hydrogen-bond acceptors (Lipinski definition) is 4. The number of halogens is 1. The van der Waals surface area contributed by atoms with Crippen LogP contribution in [0.4, 0.5) is 0 Å². The minimum Gasteiger partial charge on any atom is -0.481 e. The first-order chi connectivity index (χ1) is 7.59. The normalized spacial score (nSPS) is 14.9. The zero-order chi connectivity index (χ0) is 11.7. The molecule has 0 bridgehead atoms. The maximum atomic E-state index is 10.5. The lowest BCUT2D eigenvalue weighted by molar-refractivity contribution is -0.137. The third-order valence-electron chi connectivity index (χ3n) is 2.30. The van der Waals surface area contributed by atoms with Crippen molar-refractivity contribution in [3.8, 4) is 11.5 Å². The molecule has 5 nitrogen and oxygen atoms in total. The lowest BCUT2D eigenvalue weighted by Gasteiger charge is -2.12. The Labute approximate surface area is 96.7 Å². The van der Waals surface area contributed by atoms with Crippen LogP contribution in [0.1, 0.15) is 18.0 Å². The third kappa shape index (κ3) is 1.91. The number of nitrogens with two attached hydrogens (primary N) is 1. The summed E-state index contributed by atoms with van der Waals surface area (Å²) < 4.78 is 10.3. The molecule has 1 aromatic carbocycles. The molecule has 0 saturated heterocycles. The second-order valence-corrected chi connectivity index (χ2v) is 3.78. The predicted molar refractivity (Wildman–Crippen MR) is 56.8 cm³/mol. The van der Waals surface area contributed by atoms with Gasteiger partial charge in [-0.25, -0.2) is 0 Å². The van der Waals surface area contributed by atoms with E-state index in [4.69, 9.17) is 31.9 Å². The van der Waals surface area contributed by atoms with Crippen molar-refractivity contribution < 1.29 is 19.4 Å². The summed E-state index contributed by atoms with van der Waals surface area (Å²) in [5, 5.41) is 8.97. The number of carbonyl (C=O) groups is 1. The molecular formula is C10H10ClNO4. The number of fused-ring (bicyclic) bond motifs is 1. The topological polar surface area (TPSA) is 81.8 Å². The Kier molecular flexibility index (Phi) is 2.89. The van der Waals surface area contributed by atoms with Crippen LogP contribution in [-0.2, 0) is 4.79 Å². The fraction of sp³-hybridized carbons (Fsp3) is 0.300. The van der Waals surface area contributed by atoms with Crippen LogP contribution in [0.25, 0.3) is 0 Å². The third-order valence-corrected chi connectivity index (χ3v) is 2.69. The quantitative estimate of drug-likeness (QED) is 0.842. The molecule has 16 heavy (non-hydrogen) atoms. The molecule has 1 aromatic rings. The van der Waals surface area contributed by atoms with Gasteiger partial charge in [0, 0.05) is 6.04 Å². The first kappa shape index (κ1) is 11.0. The molecule has 1 aliphatic rings. The van der Waals surface area contributed by atoms with Crippen molar-refractivity contribution >= 4 is 17.6 Å². The highest BCUT2D eigenvalue weighted by molar-refractivity contribution is 6.33. The Hall–Kier alpha value is -1.46. The highest BCUT2D eigenvalue weighted by Gasteiger charge is 2.23. The van der Waals surface area contributed by atoms with Crippen LogP contribution in [-0.4, -0.2) is 17.9 Å². The number of carboxylic acid groups (broad SMARTS) is 1. The molecule has 1 unspecified atom stereocenters. The molecule has 3 N–H and O–H groups in total. The number of hydrogen-bond donors (Lipinski definition) is 2. The van der Waals surface area contributed by atoms with Crippen molar-refractivity contribution in [2.24, 2.45) is 5.73 Å². The minimum atomic E-state index is -0.971. The predicted octanol–water partition coefficient (Wildman–Crippen LogP) is 1.54. The molecule has 1 aliphatic heterocycles. The van der Waals surface area contributed by atoms with Crippen LogP contribution in [0.2, 0.25) is 5.02 Å². The van der Waals surface area contributed by atoms with Gasteiger partial charge in [-0.15, -0.1) is 0 Å². The van der Waals surface area contributed by atoms with E-state index in [0.717, 1.165) is 0 Å². The maximum Gasteiger partial charge on any atom is 0.305 e. The van der Waals surface area contributed by atoms with Crippen molar-refractivity contribution in [2.45, 2.75) is 12.5 Å². The summed E-state index contributed by atoms with van der Waals surface area (Å²) in [6.45, 7) is 0.118. The van der Waals surface area contributed by atoms with Crippen LogP contribution in [0.3, 0.4) is 0 Å². The number of ether oxygens (including phenoxy) is 2. The summed E-state index contributed by atoms with van der Waals surface area (Å²) in [4.78, 5) is 10.5. The molecular weight excluding hydrogens is 234 g/mol. The molecule has 1 atom stereocenters. The van der Waals surface area contributed by atoms with Gasteiger partial charge in [0.25, 0.3) is 0 Å². The van der Waals surface area contributed by atoms with Crippen LogP contribution in [0.15, 0.2) is 12.1 Å². The van der Waals surface area contributed by atoms with Crippen molar-refractivity contribution in [1.82, 2.24) is 0 Å². The van der Waals surface area contributed by atoms with E-state index < -0.39 is 12.0 Å². The van der Waals surface area contributed by atoms with Gasteiger partial charge in [0.2, 0.25) is 6.79 Å². The molecule has 0 radical (unpaired) electrons. The lowest BCUT2D eigenvalue weighted by atomic mass is 10.0. The highest BCUT2D eigenvalue weighted by atomic mass is 35.5. The van der Waals surface area contributed by atoms with Gasteiger partial charge in [-0.3, -0.25) is 4.79 Å². The second-order valence-electron chi connectivity index (χ2n) is 3.41. The molecule has 0 aliphatic carbocycles. The van der Waals surface area contributed by atoms with Crippen LogP contribution < -0.4 is 15.2 Å². The smallest absolute Gasteiger partial charge is 0.305 e. The van der Waals surface area contributed by atoms with Crippen LogP contribution >= 0.6 is 11.6 Å². The maximum absolute atomic E-state index is 10.5. The molecule has 0 saturated carbocycles. The Balaban J connectivity index is 2.32. The average Bonchev–Trinajstić information content (AvgIpc) is 2.65. The van der Waals surface area contributed by atoms with E-state index in [9.17, 15) is 4.79 Å². The lowest BCUT2D eigenvalue weighted by Crippen LogP contribution is -2.15. The monoisotopic (exact) mass is 243 g/mol. The van der Waals surface area contributed by atoms with Gasteiger partial charge in [-0.2, -0.15) is 0 Å². The van der Waals surface area contributed by atoms with Gasteiger partial charge in [0.1, 0.15) is 0 Å². The van der Waals surface area contributed by atoms with Gasteiger partial charge >= 0.3 is 5.97 Å². The van der Waals surface area contributed by atoms with E-state index in [1.807, 2.05) is 0 Å². The van der Waals surface area contributed by atoms with Crippen molar-refractivity contribution in [2.75, 3.05) is 6.79 Å². The van der Waals surface area contributed by atoms with E-state index >= 15 is 0 Å². The molecule has 6 heteroatoms. The standard InChI is InChI=1S/C10H10ClNO4/c11-9-5(6(12)3-8(13)14)1-2-7-10(9)16-4-15-7/h1-2,6H,3-4,12H2,(H,13,14). The number of benzene rings is 1. The van der Waals surface area contributed by atoms with Gasteiger partial charge in [-0.05, 0) is 11.6 Å². The van der Waals surface area contributed by atoms with E-state index in [1.165, 1.54) is 0 Å². The summed E-state index contributed by atoms with van der Waals surface area (Å²) >= 11 is 6.05. The van der Waals surface area contributed by atoms with Crippen molar-refractivity contribution in [3.05, 3.63) is 22.7 Å². The highest BCUT2D eigenvalue weighted by Crippen LogP contribution is 2.42. The number of carboxylic acids is 1. The Morgan fingerprint density at radius 2 is 2.31 bits per heavy atom. The molecule has 0 spiro atoms. The molecule has 1 heterocycles. The van der Waals surface area contributed by atoms with Gasteiger partial charge in [-0.1, -0.05) is 17.7 Å². The van der Waals surface area contributed by atoms with Crippen molar-refractivity contribution in [3.63, 3.8) is 0 Å². The second kappa shape index (κ2) is 4.19. The molecule has 0 fully saturated rings. The van der Waals surface area contributed by atoms with Gasteiger partial charge in [0.05, 0.1) is 11.4 Å². The van der Waals surface area contributed by atoms with E-state index in [-0.39, 0.29) is 13.2 Å². The summed E-state index contributed by atoms with van der Waals surface area (Å²) in [5.74, 6) is 0.0116. The SMILES string of the molecule is NC(CC(=O)O)c1ccc2c(c1Cl)OCO2. The van der Waals surface area contributed by atoms with Gasteiger partial charge in [0.15, 0.2) is 11.5 Å². The van der Waals surface area contributed by atoms with E-state index in [1.54, 1.807) is 12.1 Å².